The van der Waals surface area contributed by atoms with Crippen LogP contribution in [0, 0.1) is 13.8 Å². The molecule has 106 valence electrons. The van der Waals surface area contributed by atoms with Crippen molar-refractivity contribution < 1.29 is 9.47 Å². The second kappa shape index (κ2) is 6.29. The molecule has 1 aromatic heterocycles. The third kappa shape index (κ3) is 3.21. The summed E-state index contributed by atoms with van der Waals surface area (Å²) in [6, 6.07) is 4.00. The van der Waals surface area contributed by atoms with Gasteiger partial charge in [0.05, 0.1) is 6.20 Å². The van der Waals surface area contributed by atoms with Gasteiger partial charge in [-0.25, -0.2) is 4.98 Å². The molecule has 0 unspecified atom stereocenters. The molecule has 0 bridgehead atoms. The number of ether oxygens (including phenoxy) is 2. The summed E-state index contributed by atoms with van der Waals surface area (Å²) in [6.45, 7) is 6.72. The Morgan fingerprint density at radius 2 is 2.00 bits per heavy atom. The summed E-state index contributed by atoms with van der Waals surface area (Å²) in [6.07, 6.45) is 1.59. The van der Waals surface area contributed by atoms with E-state index in [4.69, 9.17) is 15.2 Å². The van der Waals surface area contributed by atoms with Gasteiger partial charge in [0.25, 0.3) is 0 Å². The number of aromatic nitrogens is 3. The summed E-state index contributed by atoms with van der Waals surface area (Å²) >= 11 is 0. The minimum Gasteiger partial charge on any atom is -0.467 e. The molecule has 0 aliphatic rings. The number of nitrogens with two attached hydrogens (primary N) is 1. The van der Waals surface area contributed by atoms with E-state index in [1.54, 1.807) is 6.20 Å². The predicted octanol–water partition coefficient (Wildman–Crippen LogP) is 2.11. The number of hydrogen-bond acceptors (Lipinski definition) is 6. The molecule has 0 aliphatic heterocycles. The lowest BCUT2D eigenvalue weighted by atomic mass is 10.0. The molecule has 0 spiro atoms. The average molecular weight is 274 g/mol. The number of anilines is 1. The summed E-state index contributed by atoms with van der Waals surface area (Å²) in [4.78, 5) is 3.97. The first-order chi connectivity index (χ1) is 9.61. The Bertz CT molecular complexity index is 584. The van der Waals surface area contributed by atoms with E-state index in [0.29, 0.717) is 18.1 Å². The Kier molecular flexibility index (Phi) is 4.47. The van der Waals surface area contributed by atoms with E-state index in [1.807, 2.05) is 26.8 Å². The number of benzene rings is 1. The van der Waals surface area contributed by atoms with Gasteiger partial charge in [-0.1, -0.05) is 6.07 Å². The van der Waals surface area contributed by atoms with Crippen molar-refractivity contribution in [2.24, 2.45) is 0 Å². The first-order valence-corrected chi connectivity index (χ1v) is 6.39. The smallest absolute Gasteiger partial charge is 0.240 e. The summed E-state index contributed by atoms with van der Waals surface area (Å²) < 4.78 is 10.9. The fourth-order valence-corrected chi connectivity index (χ4v) is 1.96. The van der Waals surface area contributed by atoms with Crippen LogP contribution in [0.2, 0.25) is 0 Å². The quantitative estimate of drug-likeness (QED) is 0.664. The fourth-order valence-electron chi connectivity index (χ4n) is 1.96. The maximum atomic E-state index is 5.67. The van der Waals surface area contributed by atoms with Gasteiger partial charge in [-0.3, -0.25) is 0 Å². The Balaban J connectivity index is 2.41. The highest BCUT2D eigenvalue weighted by atomic mass is 16.7. The minimum absolute atomic E-state index is 0.148. The van der Waals surface area contributed by atoms with Crippen LogP contribution < -0.4 is 10.5 Å². The summed E-state index contributed by atoms with van der Waals surface area (Å²) in [7, 11) is 0. The summed E-state index contributed by atoms with van der Waals surface area (Å²) in [5, 5.41) is 7.86. The normalized spacial score (nSPS) is 10.6. The van der Waals surface area contributed by atoms with Crippen molar-refractivity contribution in [2.75, 3.05) is 19.1 Å². The molecule has 0 saturated heterocycles. The molecule has 6 nitrogen and oxygen atoms in total. The molecule has 6 heteroatoms. The second-order valence-electron chi connectivity index (χ2n) is 4.41. The van der Waals surface area contributed by atoms with Gasteiger partial charge in [0, 0.05) is 12.2 Å². The molecule has 2 rings (SSSR count). The molecule has 0 fully saturated rings. The predicted molar refractivity (Wildman–Crippen MR) is 76.3 cm³/mol. The van der Waals surface area contributed by atoms with Crippen LogP contribution in [0.5, 0.6) is 5.75 Å². The average Bonchev–Trinajstić information content (AvgIpc) is 2.40. The van der Waals surface area contributed by atoms with Crippen molar-refractivity contribution in [3.63, 3.8) is 0 Å². The largest absolute Gasteiger partial charge is 0.467 e. The first kappa shape index (κ1) is 14.2. The second-order valence-corrected chi connectivity index (χ2v) is 4.41. The van der Waals surface area contributed by atoms with Gasteiger partial charge >= 0.3 is 0 Å². The topological polar surface area (TPSA) is 83.2 Å². The van der Waals surface area contributed by atoms with Gasteiger partial charge in [0.1, 0.15) is 11.4 Å². The van der Waals surface area contributed by atoms with E-state index in [9.17, 15) is 0 Å². The Morgan fingerprint density at radius 1 is 1.20 bits per heavy atom. The fraction of sp³-hybridized carbons (Fsp3) is 0.357. The SMILES string of the molecule is CCOCOc1cc(C)cc(C)c1-c1cnc(N)nn1. The van der Waals surface area contributed by atoms with E-state index < -0.39 is 0 Å². The van der Waals surface area contributed by atoms with Gasteiger partial charge in [-0.2, -0.15) is 0 Å². The van der Waals surface area contributed by atoms with Gasteiger partial charge in [0.15, 0.2) is 6.79 Å². The van der Waals surface area contributed by atoms with Gasteiger partial charge in [-0.05, 0) is 38.0 Å². The lowest BCUT2D eigenvalue weighted by Gasteiger charge is -2.14. The van der Waals surface area contributed by atoms with Crippen molar-refractivity contribution in [3.05, 3.63) is 29.5 Å². The number of nitrogen functional groups attached to an aromatic ring is 1. The first-order valence-electron chi connectivity index (χ1n) is 6.39. The van der Waals surface area contributed by atoms with E-state index in [1.165, 1.54) is 0 Å². The van der Waals surface area contributed by atoms with Crippen LogP contribution in [0.25, 0.3) is 11.3 Å². The molecule has 20 heavy (non-hydrogen) atoms. The molecular formula is C14H18N4O2. The highest BCUT2D eigenvalue weighted by Gasteiger charge is 2.13. The lowest BCUT2D eigenvalue weighted by molar-refractivity contribution is 0.0227. The maximum absolute atomic E-state index is 5.67. The molecule has 1 aromatic carbocycles. The van der Waals surface area contributed by atoms with Crippen molar-refractivity contribution >= 4 is 5.95 Å². The van der Waals surface area contributed by atoms with Crippen molar-refractivity contribution in [3.8, 4) is 17.0 Å². The van der Waals surface area contributed by atoms with Crippen molar-refractivity contribution in [2.45, 2.75) is 20.8 Å². The van der Waals surface area contributed by atoms with Crippen molar-refractivity contribution in [1.29, 1.82) is 0 Å². The Labute approximate surface area is 118 Å². The summed E-state index contributed by atoms with van der Waals surface area (Å²) in [5.41, 5.74) is 9.10. The molecule has 0 radical (unpaired) electrons. The number of rotatable bonds is 5. The molecule has 0 amide bonds. The van der Waals surface area contributed by atoms with Crippen LogP contribution in [0.15, 0.2) is 18.3 Å². The maximum Gasteiger partial charge on any atom is 0.240 e. The van der Waals surface area contributed by atoms with Gasteiger partial charge in [0.2, 0.25) is 5.95 Å². The molecule has 0 saturated carbocycles. The highest BCUT2D eigenvalue weighted by Crippen LogP contribution is 2.32. The zero-order chi connectivity index (χ0) is 14.5. The third-order valence-electron chi connectivity index (χ3n) is 2.78. The molecule has 2 aromatic rings. The lowest BCUT2D eigenvalue weighted by Crippen LogP contribution is -2.05. The molecule has 1 heterocycles. The van der Waals surface area contributed by atoms with Crippen LogP contribution in [0.1, 0.15) is 18.1 Å². The van der Waals surface area contributed by atoms with Crippen LogP contribution >= 0.6 is 0 Å². The summed E-state index contributed by atoms with van der Waals surface area (Å²) in [5.74, 6) is 0.854. The zero-order valence-corrected chi connectivity index (χ0v) is 11.9. The van der Waals surface area contributed by atoms with Gasteiger partial charge in [-0.15, -0.1) is 10.2 Å². The monoisotopic (exact) mass is 274 g/mol. The zero-order valence-electron chi connectivity index (χ0n) is 11.9. The van der Waals surface area contributed by atoms with Crippen LogP contribution in [0.3, 0.4) is 0 Å². The highest BCUT2D eigenvalue weighted by molar-refractivity contribution is 5.71. The van der Waals surface area contributed by atoms with E-state index in [2.05, 4.69) is 21.2 Å². The van der Waals surface area contributed by atoms with Crippen molar-refractivity contribution in [1.82, 2.24) is 15.2 Å². The van der Waals surface area contributed by atoms with Crippen LogP contribution in [-0.2, 0) is 4.74 Å². The van der Waals surface area contributed by atoms with E-state index in [0.717, 1.165) is 16.7 Å². The number of hydrogen-bond donors (Lipinski definition) is 1. The van der Waals surface area contributed by atoms with Crippen LogP contribution in [0.4, 0.5) is 5.95 Å². The molecular weight excluding hydrogens is 256 g/mol. The minimum atomic E-state index is 0.148. The standard InChI is InChI=1S/C14H18N4O2/c1-4-19-8-20-12-6-9(2)5-10(3)13(12)11-7-16-14(15)18-17-11/h5-7H,4,8H2,1-3H3,(H2,15,16,18). The third-order valence-corrected chi connectivity index (χ3v) is 2.78. The van der Waals surface area contributed by atoms with E-state index in [-0.39, 0.29) is 12.7 Å². The van der Waals surface area contributed by atoms with Gasteiger partial charge < -0.3 is 15.2 Å². The van der Waals surface area contributed by atoms with E-state index >= 15 is 0 Å². The number of nitrogens with zero attached hydrogens (tertiary/aromatic N) is 3. The Hall–Kier alpha value is -2.21. The molecule has 0 aliphatic carbocycles. The van der Waals surface area contributed by atoms with Crippen LogP contribution in [-0.4, -0.2) is 28.6 Å². The molecule has 2 N–H and O–H groups in total. The Morgan fingerprint density at radius 3 is 2.65 bits per heavy atom. The number of aryl methyl sites for hydroxylation is 2. The molecule has 0 atom stereocenters.